The summed E-state index contributed by atoms with van der Waals surface area (Å²) in [5.74, 6) is 1.45. The fourth-order valence-corrected chi connectivity index (χ4v) is 5.11. The average Bonchev–Trinajstić information content (AvgIpc) is 3.21. The minimum atomic E-state index is -0.348. The molecule has 1 saturated heterocycles. The Bertz CT molecular complexity index is 1540. The number of fused-ring (bicyclic) bond motifs is 1. The molecule has 1 aliphatic heterocycles. The molecule has 39 heavy (non-hydrogen) atoms. The highest BCUT2D eigenvalue weighted by molar-refractivity contribution is 8.18. The second-order valence-electron chi connectivity index (χ2n) is 8.75. The van der Waals surface area contributed by atoms with E-state index >= 15 is 0 Å². The van der Waals surface area contributed by atoms with E-state index in [9.17, 15) is 9.59 Å². The van der Waals surface area contributed by atoms with Gasteiger partial charge in [-0.3, -0.25) is 14.5 Å². The lowest BCUT2D eigenvalue weighted by Crippen LogP contribution is -2.32. The highest BCUT2D eigenvalue weighted by atomic mass is 35.5. The van der Waals surface area contributed by atoms with E-state index in [1.165, 1.54) is 10.3 Å². The molecule has 198 valence electrons. The molecule has 2 amide bonds. The molecular formula is C31H26ClNO5S. The molecule has 4 aromatic carbocycles. The predicted octanol–water partition coefficient (Wildman–Crippen LogP) is 7.59. The number of rotatable bonds is 10. The molecule has 0 aliphatic carbocycles. The van der Waals surface area contributed by atoms with Crippen LogP contribution in [0.15, 0.2) is 89.8 Å². The summed E-state index contributed by atoms with van der Waals surface area (Å²) < 4.78 is 17.6. The number of thioether (sulfide) groups is 1. The van der Waals surface area contributed by atoms with Crippen molar-refractivity contribution < 1.29 is 23.8 Å². The van der Waals surface area contributed by atoms with Gasteiger partial charge >= 0.3 is 0 Å². The zero-order valence-corrected chi connectivity index (χ0v) is 22.8. The van der Waals surface area contributed by atoms with Crippen LogP contribution in [0, 0.1) is 0 Å². The van der Waals surface area contributed by atoms with E-state index in [0.717, 1.165) is 28.3 Å². The number of amides is 2. The Morgan fingerprint density at radius 3 is 2.44 bits per heavy atom. The van der Waals surface area contributed by atoms with Crippen LogP contribution in [0.2, 0.25) is 5.02 Å². The summed E-state index contributed by atoms with van der Waals surface area (Å²) in [6, 6.07) is 26.8. The van der Waals surface area contributed by atoms with E-state index in [0.29, 0.717) is 40.4 Å². The first-order valence-corrected chi connectivity index (χ1v) is 13.7. The van der Waals surface area contributed by atoms with Crippen LogP contribution in [0.5, 0.6) is 17.2 Å². The fraction of sp³-hybridized carbons (Fsp3) is 0.161. The number of imide groups is 1. The van der Waals surface area contributed by atoms with Crippen molar-refractivity contribution in [3.8, 4) is 17.2 Å². The van der Waals surface area contributed by atoms with Gasteiger partial charge in [0.25, 0.3) is 11.1 Å². The smallest absolute Gasteiger partial charge is 0.293 e. The van der Waals surface area contributed by atoms with Crippen molar-refractivity contribution in [1.82, 2.24) is 4.90 Å². The Morgan fingerprint density at radius 2 is 1.64 bits per heavy atom. The normalized spacial score (nSPS) is 14.3. The minimum absolute atomic E-state index is 0.149. The van der Waals surface area contributed by atoms with Crippen LogP contribution < -0.4 is 14.2 Å². The summed E-state index contributed by atoms with van der Waals surface area (Å²) in [4.78, 5) is 27.0. The Morgan fingerprint density at radius 1 is 0.846 bits per heavy atom. The molecule has 0 saturated carbocycles. The van der Waals surface area contributed by atoms with E-state index in [4.69, 9.17) is 25.8 Å². The van der Waals surface area contributed by atoms with Gasteiger partial charge in [-0.15, -0.1) is 0 Å². The van der Waals surface area contributed by atoms with Crippen molar-refractivity contribution in [2.75, 3.05) is 19.8 Å². The number of carbonyl (C=O) groups is 2. The van der Waals surface area contributed by atoms with Gasteiger partial charge in [-0.05, 0) is 89.1 Å². The third kappa shape index (κ3) is 6.56. The molecule has 0 unspecified atom stereocenters. The van der Waals surface area contributed by atoms with Gasteiger partial charge in [-0.2, -0.15) is 0 Å². The fourth-order valence-electron chi connectivity index (χ4n) is 4.12. The molecule has 6 nitrogen and oxygen atoms in total. The van der Waals surface area contributed by atoms with Gasteiger partial charge < -0.3 is 14.2 Å². The molecule has 8 heteroatoms. The molecule has 4 aromatic rings. The third-order valence-electron chi connectivity index (χ3n) is 6.04. The van der Waals surface area contributed by atoms with Crippen LogP contribution in [-0.2, 0) is 11.4 Å². The molecular weight excluding hydrogens is 534 g/mol. The molecule has 1 aliphatic rings. The predicted molar refractivity (Wildman–Crippen MR) is 156 cm³/mol. The van der Waals surface area contributed by atoms with Crippen molar-refractivity contribution in [3.63, 3.8) is 0 Å². The Kier molecular flexibility index (Phi) is 8.39. The van der Waals surface area contributed by atoms with Gasteiger partial charge in [-0.25, -0.2) is 0 Å². The number of ether oxygens (including phenoxy) is 3. The van der Waals surface area contributed by atoms with Crippen LogP contribution in [0.1, 0.15) is 18.1 Å². The quantitative estimate of drug-likeness (QED) is 0.187. The first-order valence-electron chi connectivity index (χ1n) is 12.5. The van der Waals surface area contributed by atoms with E-state index in [2.05, 4.69) is 24.3 Å². The van der Waals surface area contributed by atoms with Gasteiger partial charge in [-0.1, -0.05) is 54.1 Å². The van der Waals surface area contributed by atoms with Crippen LogP contribution >= 0.6 is 23.4 Å². The second kappa shape index (κ2) is 12.3. The monoisotopic (exact) mass is 559 g/mol. The standard InChI is InChI=1S/C31H26ClNO5S/c1-2-36-28-18-21(8-14-27(28)38-20-22-7-9-23-5-3-4-6-24(23)17-22)19-29-30(34)33(31(35)39-29)15-16-37-26-12-10-25(32)11-13-26/h3-14,17-19H,2,15-16,20H2,1H3/b29-19-. The Hall–Kier alpha value is -3.94. The summed E-state index contributed by atoms with van der Waals surface area (Å²) >= 11 is 6.80. The van der Waals surface area contributed by atoms with Gasteiger partial charge in [0.1, 0.15) is 19.0 Å². The van der Waals surface area contributed by atoms with E-state index in [-0.39, 0.29) is 24.3 Å². The molecule has 0 bridgehead atoms. The second-order valence-corrected chi connectivity index (χ2v) is 10.2. The van der Waals surface area contributed by atoms with Gasteiger partial charge in [0.2, 0.25) is 0 Å². The van der Waals surface area contributed by atoms with Crippen molar-refractivity contribution in [3.05, 3.63) is 106 Å². The lowest BCUT2D eigenvalue weighted by Gasteiger charge is -2.14. The summed E-state index contributed by atoms with van der Waals surface area (Å²) in [6.45, 7) is 3.08. The lowest BCUT2D eigenvalue weighted by molar-refractivity contribution is -0.123. The van der Waals surface area contributed by atoms with Gasteiger partial charge in [0.15, 0.2) is 11.5 Å². The van der Waals surface area contributed by atoms with Crippen LogP contribution in [0.3, 0.4) is 0 Å². The molecule has 0 N–H and O–H groups in total. The van der Waals surface area contributed by atoms with E-state index < -0.39 is 0 Å². The maximum atomic E-state index is 12.9. The molecule has 0 aromatic heterocycles. The van der Waals surface area contributed by atoms with Crippen LogP contribution in [-0.4, -0.2) is 35.8 Å². The maximum absolute atomic E-state index is 12.9. The lowest BCUT2D eigenvalue weighted by atomic mass is 10.1. The van der Waals surface area contributed by atoms with Crippen molar-refractivity contribution >= 4 is 51.4 Å². The largest absolute Gasteiger partial charge is 0.492 e. The summed E-state index contributed by atoms with van der Waals surface area (Å²) in [5, 5.41) is 2.62. The first kappa shape index (κ1) is 26.7. The number of hydrogen-bond donors (Lipinski definition) is 0. The van der Waals surface area contributed by atoms with Crippen LogP contribution in [0.4, 0.5) is 4.79 Å². The maximum Gasteiger partial charge on any atom is 0.293 e. The molecule has 5 rings (SSSR count). The Labute approximate surface area is 236 Å². The van der Waals surface area contributed by atoms with Gasteiger partial charge in [0.05, 0.1) is 18.1 Å². The topological polar surface area (TPSA) is 65.1 Å². The van der Waals surface area contributed by atoms with Gasteiger partial charge in [0, 0.05) is 5.02 Å². The zero-order chi connectivity index (χ0) is 27.2. The number of halogens is 1. The van der Waals surface area contributed by atoms with Crippen molar-refractivity contribution in [1.29, 1.82) is 0 Å². The molecule has 1 heterocycles. The zero-order valence-electron chi connectivity index (χ0n) is 21.3. The first-order chi connectivity index (χ1) is 19.0. The highest BCUT2D eigenvalue weighted by Crippen LogP contribution is 2.35. The summed E-state index contributed by atoms with van der Waals surface area (Å²) in [5.41, 5.74) is 1.79. The number of hydrogen-bond acceptors (Lipinski definition) is 6. The number of benzene rings is 4. The Balaban J connectivity index is 1.24. The molecule has 0 radical (unpaired) electrons. The van der Waals surface area contributed by atoms with E-state index in [1.807, 2.05) is 43.3 Å². The molecule has 0 spiro atoms. The molecule has 1 fully saturated rings. The van der Waals surface area contributed by atoms with Crippen molar-refractivity contribution in [2.24, 2.45) is 0 Å². The van der Waals surface area contributed by atoms with Crippen LogP contribution in [0.25, 0.3) is 16.8 Å². The third-order valence-corrected chi connectivity index (χ3v) is 7.20. The summed E-state index contributed by atoms with van der Waals surface area (Å²) in [7, 11) is 0. The number of carbonyl (C=O) groups excluding carboxylic acids is 2. The number of nitrogens with zero attached hydrogens (tertiary/aromatic N) is 1. The molecule has 0 atom stereocenters. The summed E-state index contributed by atoms with van der Waals surface area (Å²) in [6.07, 6.45) is 1.70. The SMILES string of the molecule is CCOc1cc(/C=C2\SC(=O)N(CCOc3ccc(Cl)cc3)C2=O)ccc1OCc1ccc2ccccc2c1. The average molecular weight is 560 g/mol. The van der Waals surface area contributed by atoms with E-state index in [1.54, 1.807) is 30.3 Å². The minimum Gasteiger partial charge on any atom is -0.492 e. The highest BCUT2D eigenvalue weighted by Gasteiger charge is 2.34. The van der Waals surface area contributed by atoms with Crippen molar-refractivity contribution in [2.45, 2.75) is 13.5 Å².